The van der Waals surface area contributed by atoms with Crippen LogP contribution in [-0.2, 0) is 0 Å². The fourth-order valence-corrected chi connectivity index (χ4v) is 2.72. The van der Waals surface area contributed by atoms with Crippen molar-refractivity contribution in [2.45, 2.75) is 26.8 Å². The predicted molar refractivity (Wildman–Crippen MR) is 67.4 cm³/mol. The highest BCUT2D eigenvalue weighted by atomic mass is 32.1. The van der Waals surface area contributed by atoms with Crippen LogP contribution in [0.1, 0.15) is 29.1 Å². The second-order valence-electron chi connectivity index (χ2n) is 3.93. The maximum absolute atomic E-state index is 5.89. The molecular weight excluding hydrogens is 218 g/mol. The number of hydrogen-bond acceptors (Lipinski definition) is 4. The molecule has 0 saturated carbocycles. The first-order valence-corrected chi connectivity index (χ1v) is 6.06. The molecule has 16 heavy (non-hydrogen) atoms. The van der Waals surface area contributed by atoms with E-state index in [9.17, 15) is 0 Å². The second kappa shape index (κ2) is 4.31. The van der Waals surface area contributed by atoms with Gasteiger partial charge in [0.1, 0.15) is 10.7 Å². The Morgan fingerprint density at radius 1 is 1.38 bits per heavy atom. The molecule has 0 aromatic carbocycles. The molecule has 0 aliphatic rings. The molecule has 0 radical (unpaired) electrons. The summed E-state index contributed by atoms with van der Waals surface area (Å²) >= 11 is 1.64. The van der Waals surface area contributed by atoms with Crippen molar-refractivity contribution in [3.63, 3.8) is 0 Å². The molecule has 2 aromatic heterocycles. The van der Waals surface area contributed by atoms with Crippen LogP contribution in [0.4, 0.5) is 0 Å². The van der Waals surface area contributed by atoms with E-state index in [2.05, 4.69) is 9.97 Å². The summed E-state index contributed by atoms with van der Waals surface area (Å²) < 4.78 is 0. The Hall–Kier alpha value is -1.26. The summed E-state index contributed by atoms with van der Waals surface area (Å²) in [5.41, 5.74) is 9.01. The zero-order chi connectivity index (χ0) is 11.7. The summed E-state index contributed by atoms with van der Waals surface area (Å²) in [4.78, 5) is 10.0. The molecule has 0 aliphatic carbocycles. The van der Waals surface area contributed by atoms with Gasteiger partial charge in [0.25, 0.3) is 0 Å². The molecule has 0 amide bonds. The van der Waals surface area contributed by atoms with Crippen molar-refractivity contribution < 1.29 is 0 Å². The maximum Gasteiger partial charge on any atom is 0.142 e. The Bertz CT molecular complexity index is 503. The topological polar surface area (TPSA) is 51.8 Å². The average Bonchev–Trinajstić information content (AvgIpc) is 2.61. The van der Waals surface area contributed by atoms with Crippen molar-refractivity contribution in [3.05, 3.63) is 34.5 Å². The van der Waals surface area contributed by atoms with Crippen molar-refractivity contribution in [2.75, 3.05) is 0 Å². The van der Waals surface area contributed by atoms with Crippen LogP contribution in [0.15, 0.2) is 18.3 Å². The first kappa shape index (κ1) is 11.2. The van der Waals surface area contributed by atoms with Gasteiger partial charge in [-0.3, -0.25) is 4.98 Å². The molecule has 3 nitrogen and oxygen atoms in total. The first-order valence-electron chi connectivity index (χ1n) is 5.24. The van der Waals surface area contributed by atoms with Crippen molar-refractivity contribution >= 4 is 11.3 Å². The molecule has 1 unspecified atom stereocenters. The van der Waals surface area contributed by atoms with Gasteiger partial charge in [-0.2, -0.15) is 0 Å². The molecule has 4 heteroatoms. The number of pyridine rings is 1. The highest BCUT2D eigenvalue weighted by molar-refractivity contribution is 7.15. The molecular formula is C12H15N3S. The molecule has 0 fully saturated rings. The normalized spacial score (nSPS) is 12.8. The third-order valence-corrected chi connectivity index (χ3v) is 3.82. The van der Waals surface area contributed by atoms with Gasteiger partial charge in [0.05, 0.1) is 5.69 Å². The number of nitrogens with zero attached hydrogens (tertiary/aromatic N) is 2. The largest absolute Gasteiger partial charge is 0.323 e. The highest BCUT2D eigenvalue weighted by Gasteiger charge is 2.14. The summed E-state index contributed by atoms with van der Waals surface area (Å²) in [6.45, 7) is 6.02. The minimum atomic E-state index is 0.0373. The third kappa shape index (κ3) is 1.99. The number of aromatic nitrogens is 2. The molecule has 84 valence electrons. The summed E-state index contributed by atoms with van der Waals surface area (Å²) in [5.74, 6) is 0. The van der Waals surface area contributed by atoms with Crippen molar-refractivity contribution in [3.8, 4) is 10.7 Å². The molecule has 0 saturated heterocycles. The molecule has 0 spiro atoms. The van der Waals surface area contributed by atoms with Gasteiger partial charge in [0.2, 0.25) is 0 Å². The van der Waals surface area contributed by atoms with Crippen LogP contribution in [0, 0.1) is 13.8 Å². The lowest BCUT2D eigenvalue weighted by atomic mass is 10.2. The summed E-state index contributed by atoms with van der Waals surface area (Å²) in [7, 11) is 0. The number of aryl methyl sites for hydroxylation is 2. The van der Waals surface area contributed by atoms with E-state index in [-0.39, 0.29) is 6.04 Å². The predicted octanol–water partition coefficient (Wildman–Crippen LogP) is 2.84. The molecule has 0 bridgehead atoms. The van der Waals surface area contributed by atoms with Crippen molar-refractivity contribution in [1.29, 1.82) is 0 Å². The van der Waals surface area contributed by atoms with E-state index < -0.39 is 0 Å². The van der Waals surface area contributed by atoms with E-state index >= 15 is 0 Å². The molecule has 2 aromatic rings. The summed E-state index contributed by atoms with van der Waals surface area (Å²) in [6.07, 6.45) is 1.80. The second-order valence-corrected chi connectivity index (χ2v) is 4.96. The summed E-state index contributed by atoms with van der Waals surface area (Å²) in [5, 5.41) is 0.961. The monoisotopic (exact) mass is 233 g/mol. The van der Waals surface area contributed by atoms with Crippen molar-refractivity contribution in [1.82, 2.24) is 9.97 Å². The van der Waals surface area contributed by atoms with E-state index in [0.717, 1.165) is 26.8 Å². The highest BCUT2D eigenvalue weighted by Crippen LogP contribution is 2.31. The van der Waals surface area contributed by atoms with Gasteiger partial charge >= 0.3 is 0 Å². The fourth-order valence-electron chi connectivity index (χ4n) is 1.64. The van der Waals surface area contributed by atoms with Gasteiger partial charge in [-0.05, 0) is 32.4 Å². The van der Waals surface area contributed by atoms with Crippen LogP contribution in [0.3, 0.4) is 0 Å². The molecule has 2 N–H and O–H groups in total. The average molecular weight is 233 g/mol. The Kier molecular flexibility index (Phi) is 3.03. The number of nitrogens with two attached hydrogens (primary N) is 1. The Balaban J connectivity index is 2.50. The summed E-state index contributed by atoms with van der Waals surface area (Å²) in [6, 6.07) is 4.02. The van der Waals surface area contributed by atoms with Crippen LogP contribution >= 0.6 is 11.3 Å². The van der Waals surface area contributed by atoms with Crippen LogP contribution in [0.25, 0.3) is 10.7 Å². The van der Waals surface area contributed by atoms with Crippen LogP contribution in [-0.4, -0.2) is 9.97 Å². The van der Waals surface area contributed by atoms with Gasteiger partial charge in [0, 0.05) is 17.1 Å². The Morgan fingerprint density at radius 3 is 2.69 bits per heavy atom. The molecule has 2 heterocycles. The van der Waals surface area contributed by atoms with E-state index in [0.29, 0.717) is 0 Å². The van der Waals surface area contributed by atoms with Gasteiger partial charge in [-0.15, -0.1) is 11.3 Å². The van der Waals surface area contributed by atoms with Crippen LogP contribution < -0.4 is 5.73 Å². The number of rotatable bonds is 2. The quantitative estimate of drug-likeness (QED) is 0.867. The maximum atomic E-state index is 5.89. The molecule has 2 rings (SSSR count). The third-order valence-electron chi connectivity index (χ3n) is 2.46. The van der Waals surface area contributed by atoms with Crippen molar-refractivity contribution in [2.24, 2.45) is 5.73 Å². The standard InChI is InChI=1S/C12H15N3S/c1-7-5-4-6-14-10(7)12-15-9(3)11(16-12)8(2)13/h4-6,8H,13H2,1-3H3. The van der Waals surface area contributed by atoms with Gasteiger partial charge in [-0.1, -0.05) is 6.07 Å². The van der Waals surface area contributed by atoms with Gasteiger partial charge in [-0.25, -0.2) is 4.98 Å². The smallest absolute Gasteiger partial charge is 0.142 e. The zero-order valence-corrected chi connectivity index (χ0v) is 10.5. The van der Waals surface area contributed by atoms with Gasteiger partial charge in [0.15, 0.2) is 0 Å². The Labute approximate surface area is 99.4 Å². The van der Waals surface area contributed by atoms with Crippen LogP contribution in [0.5, 0.6) is 0 Å². The van der Waals surface area contributed by atoms with Gasteiger partial charge < -0.3 is 5.73 Å². The minimum absolute atomic E-state index is 0.0373. The minimum Gasteiger partial charge on any atom is -0.323 e. The number of hydrogen-bond donors (Lipinski definition) is 1. The lowest BCUT2D eigenvalue weighted by molar-refractivity contribution is 0.825. The van der Waals surface area contributed by atoms with Crippen LogP contribution in [0.2, 0.25) is 0 Å². The molecule has 1 atom stereocenters. The first-order chi connectivity index (χ1) is 7.59. The number of thiazole rings is 1. The Morgan fingerprint density at radius 2 is 2.12 bits per heavy atom. The SMILES string of the molecule is Cc1cccnc1-c1nc(C)c(C(C)N)s1. The van der Waals surface area contributed by atoms with E-state index in [4.69, 9.17) is 5.73 Å². The van der Waals surface area contributed by atoms with E-state index in [1.807, 2.05) is 32.9 Å². The van der Waals surface area contributed by atoms with E-state index in [1.165, 1.54) is 0 Å². The zero-order valence-electron chi connectivity index (χ0n) is 9.69. The lowest BCUT2D eigenvalue weighted by Gasteiger charge is -2.00. The fraction of sp³-hybridized carbons (Fsp3) is 0.333. The molecule has 0 aliphatic heterocycles. The van der Waals surface area contributed by atoms with E-state index in [1.54, 1.807) is 17.5 Å². The lowest BCUT2D eigenvalue weighted by Crippen LogP contribution is -2.03.